The standard InChI is InChI=1S/C23H30F3N7O/c1-14-10-18(34)31-20-19(14)22(29-13-28-20)32-7-4-16(5-8-32)21-30-17(23(24,25)26)12-33(21)9-6-27-11-15-2-3-15/h12-16,27H,2-11H2,1H3,(H,28,29,31,34). The fourth-order valence-electron chi connectivity index (χ4n) is 5.00. The van der Waals surface area contributed by atoms with E-state index in [4.69, 9.17) is 0 Å². The summed E-state index contributed by atoms with van der Waals surface area (Å²) in [6.45, 7) is 5.33. The molecule has 2 aliphatic heterocycles. The number of anilines is 2. The lowest BCUT2D eigenvalue weighted by Gasteiger charge is -2.35. The molecule has 2 N–H and O–H groups in total. The molecule has 184 valence electrons. The van der Waals surface area contributed by atoms with Gasteiger partial charge in [-0.05, 0) is 44.1 Å². The third-order valence-corrected chi connectivity index (χ3v) is 7.02. The number of carbonyl (C=O) groups excluding carboxylic acids is 1. The van der Waals surface area contributed by atoms with Crippen LogP contribution in [-0.2, 0) is 17.5 Å². The van der Waals surface area contributed by atoms with Gasteiger partial charge in [0.1, 0.15) is 23.8 Å². The summed E-state index contributed by atoms with van der Waals surface area (Å²) in [4.78, 5) is 26.8. The molecule has 2 aromatic heterocycles. The van der Waals surface area contributed by atoms with Crippen molar-refractivity contribution in [3.8, 4) is 0 Å². The summed E-state index contributed by atoms with van der Waals surface area (Å²) in [6, 6.07) is 0. The van der Waals surface area contributed by atoms with Gasteiger partial charge in [-0.3, -0.25) is 4.79 Å². The van der Waals surface area contributed by atoms with E-state index >= 15 is 0 Å². The molecule has 1 saturated carbocycles. The van der Waals surface area contributed by atoms with Crippen molar-refractivity contribution < 1.29 is 18.0 Å². The van der Waals surface area contributed by atoms with Crippen LogP contribution in [0, 0.1) is 5.92 Å². The van der Waals surface area contributed by atoms with E-state index in [2.05, 4.69) is 30.5 Å². The normalized spacial score (nSPS) is 21.5. The highest BCUT2D eigenvalue weighted by atomic mass is 19.4. The Morgan fingerprint density at radius 1 is 1.18 bits per heavy atom. The number of fused-ring (bicyclic) bond motifs is 1. The molecule has 0 spiro atoms. The average molecular weight is 478 g/mol. The monoisotopic (exact) mass is 477 g/mol. The fraction of sp³-hybridized carbons (Fsp3) is 0.652. The van der Waals surface area contributed by atoms with Crippen LogP contribution in [0.25, 0.3) is 0 Å². The van der Waals surface area contributed by atoms with Crippen molar-refractivity contribution >= 4 is 17.5 Å². The van der Waals surface area contributed by atoms with Crippen molar-refractivity contribution in [3.05, 3.63) is 29.6 Å². The van der Waals surface area contributed by atoms with Crippen molar-refractivity contribution in [2.45, 2.75) is 63.6 Å². The highest BCUT2D eigenvalue weighted by Gasteiger charge is 2.37. The molecule has 2 fully saturated rings. The van der Waals surface area contributed by atoms with Crippen LogP contribution in [-0.4, -0.2) is 51.6 Å². The molecule has 3 aliphatic rings. The Balaban J connectivity index is 1.29. The summed E-state index contributed by atoms with van der Waals surface area (Å²) in [5.41, 5.74) is 0.115. The number of piperidine rings is 1. The van der Waals surface area contributed by atoms with Crippen LogP contribution in [0.5, 0.6) is 0 Å². The van der Waals surface area contributed by atoms with Crippen LogP contribution in [0.3, 0.4) is 0 Å². The molecule has 1 unspecified atom stereocenters. The Labute approximate surface area is 196 Å². The predicted octanol–water partition coefficient (Wildman–Crippen LogP) is 3.52. The highest BCUT2D eigenvalue weighted by Crippen LogP contribution is 2.39. The summed E-state index contributed by atoms with van der Waals surface area (Å²) >= 11 is 0. The zero-order valence-corrected chi connectivity index (χ0v) is 19.2. The van der Waals surface area contributed by atoms with Crippen LogP contribution in [0.15, 0.2) is 12.5 Å². The molecule has 8 nitrogen and oxygen atoms in total. The number of aromatic nitrogens is 4. The van der Waals surface area contributed by atoms with Gasteiger partial charge in [-0.2, -0.15) is 13.2 Å². The Kier molecular flexibility index (Phi) is 6.22. The smallest absolute Gasteiger partial charge is 0.356 e. The van der Waals surface area contributed by atoms with Gasteiger partial charge in [0.2, 0.25) is 5.91 Å². The number of carbonyl (C=O) groups is 1. The van der Waals surface area contributed by atoms with Gasteiger partial charge in [0, 0.05) is 50.3 Å². The first kappa shape index (κ1) is 23.1. The van der Waals surface area contributed by atoms with Crippen LogP contribution in [0.1, 0.15) is 67.9 Å². The Hall–Kier alpha value is -2.69. The van der Waals surface area contributed by atoms with Gasteiger partial charge in [-0.1, -0.05) is 6.92 Å². The molecule has 1 amide bonds. The lowest BCUT2D eigenvalue weighted by atomic mass is 9.92. The molecule has 0 radical (unpaired) electrons. The summed E-state index contributed by atoms with van der Waals surface area (Å²) in [6.07, 6.45) is 2.38. The number of halogens is 3. The van der Waals surface area contributed by atoms with Crippen molar-refractivity contribution in [3.63, 3.8) is 0 Å². The second kappa shape index (κ2) is 9.16. The molecule has 5 rings (SSSR count). The van der Waals surface area contributed by atoms with Crippen molar-refractivity contribution in [2.24, 2.45) is 5.92 Å². The Bertz CT molecular complexity index is 1040. The van der Waals surface area contributed by atoms with E-state index in [1.807, 2.05) is 6.92 Å². The van der Waals surface area contributed by atoms with Gasteiger partial charge in [0.25, 0.3) is 0 Å². The first-order valence-electron chi connectivity index (χ1n) is 12.0. The summed E-state index contributed by atoms with van der Waals surface area (Å²) < 4.78 is 41.9. The minimum Gasteiger partial charge on any atom is -0.356 e. The lowest BCUT2D eigenvalue weighted by Crippen LogP contribution is -2.36. The summed E-state index contributed by atoms with van der Waals surface area (Å²) in [5, 5.41) is 6.18. The predicted molar refractivity (Wildman–Crippen MR) is 121 cm³/mol. The molecule has 1 atom stereocenters. The number of hydrogen-bond acceptors (Lipinski definition) is 6. The van der Waals surface area contributed by atoms with Gasteiger partial charge in [0.15, 0.2) is 5.69 Å². The van der Waals surface area contributed by atoms with E-state index in [0.717, 1.165) is 30.0 Å². The van der Waals surface area contributed by atoms with E-state index in [0.29, 0.717) is 57.1 Å². The third kappa shape index (κ3) is 4.89. The van der Waals surface area contributed by atoms with Gasteiger partial charge in [-0.15, -0.1) is 0 Å². The maximum absolute atomic E-state index is 13.4. The maximum Gasteiger partial charge on any atom is 0.434 e. The van der Waals surface area contributed by atoms with Gasteiger partial charge >= 0.3 is 6.18 Å². The zero-order valence-electron chi connectivity index (χ0n) is 19.2. The maximum atomic E-state index is 13.4. The number of amides is 1. The second-order valence-electron chi connectivity index (χ2n) is 9.70. The molecule has 1 saturated heterocycles. The van der Waals surface area contributed by atoms with E-state index in [9.17, 15) is 18.0 Å². The van der Waals surface area contributed by atoms with Gasteiger partial charge < -0.3 is 20.1 Å². The van der Waals surface area contributed by atoms with Crippen LogP contribution < -0.4 is 15.5 Å². The highest BCUT2D eigenvalue weighted by molar-refractivity contribution is 5.94. The zero-order chi connectivity index (χ0) is 23.9. The number of hydrogen-bond donors (Lipinski definition) is 2. The summed E-state index contributed by atoms with van der Waals surface area (Å²) in [7, 11) is 0. The van der Waals surface area contributed by atoms with Crippen LogP contribution in [0.4, 0.5) is 24.8 Å². The SMILES string of the molecule is CC1CC(=O)Nc2ncnc(N3CCC(c4nc(C(F)(F)F)cn4CCNCC4CC4)CC3)c21. The fourth-order valence-corrected chi connectivity index (χ4v) is 5.00. The molecule has 0 aromatic carbocycles. The number of alkyl halides is 3. The molecule has 0 bridgehead atoms. The number of rotatable bonds is 7. The third-order valence-electron chi connectivity index (χ3n) is 7.02. The molecular weight excluding hydrogens is 447 g/mol. The van der Waals surface area contributed by atoms with E-state index in [1.54, 1.807) is 4.57 Å². The van der Waals surface area contributed by atoms with E-state index < -0.39 is 11.9 Å². The Morgan fingerprint density at radius 2 is 1.94 bits per heavy atom. The van der Waals surface area contributed by atoms with Crippen LogP contribution >= 0.6 is 0 Å². The molecule has 4 heterocycles. The van der Waals surface area contributed by atoms with Gasteiger partial charge in [-0.25, -0.2) is 15.0 Å². The first-order valence-corrected chi connectivity index (χ1v) is 12.0. The quantitative estimate of drug-likeness (QED) is 0.594. The molecule has 2 aromatic rings. The molecular formula is C23H30F3N7O. The second-order valence-corrected chi connectivity index (χ2v) is 9.70. The van der Waals surface area contributed by atoms with Crippen LogP contribution in [0.2, 0.25) is 0 Å². The van der Waals surface area contributed by atoms with Crippen molar-refractivity contribution in [2.75, 3.05) is 36.4 Å². The number of nitrogens with zero attached hydrogens (tertiary/aromatic N) is 5. The average Bonchev–Trinajstić information content (AvgIpc) is 3.52. The molecule has 1 aliphatic carbocycles. The van der Waals surface area contributed by atoms with Crippen molar-refractivity contribution in [1.82, 2.24) is 24.8 Å². The Morgan fingerprint density at radius 3 is 2.65 bits per heavy atom. The number of imidazole rings is 1. The lowest BCUT2D eigenvalue weighted by molar-refractivity contribution is -0.141. The topological polar surface area (TPSA) is 88.0 Å². The molecule has 34 heavy (non-hydrogen) atoms. The van der Waals surface area contributed by atoms with E-state index in [1.165, 1.54) is 19.2 Å². The number of nitrogens with one attached hydrogen (secondary N) is 2. The van der Waals surface area contributed by atoms with Crippen molar-refractivity contribution in [1.29, 1.82) is 0 Å². The minimum atomic E-state index is -4.46. The molecule has 11 heteroatoms. The largest absolute Gasteiger partial charge is 0.434 e. The van der Waals surface area contributed by atoms with Gasteiger partial charge in [0.05, 0.1) is 0 Å². The van der Waals surface area contributed by atoms with E-state index in [-0.39, 0.29) is 17.7 Å². The first-order chi connectivity index (χ1) is 16.3. The summed E-state index contributed by atoms with van der Waals surface area (Å²) in [5.74, 6) is 2.51. The minimum absolute atomic E-state index is 0.00838.